The van der Waals surface area contributed by atoms with E-state index >= 15 is 0 Å². The molecule has 1 saturated heterocycles. The second-order valence-electron chi connectivity index (χ2n) is 8.58. The van der Waals surface area contributed by atoms with Gasteiger partial charge in [-0.25, -0.2) is 4.21 Å². The molecule has 1 amide bonds. The van der Waals surface area contributed by atoms with Crippen molar-refractivity contribution in [1.82, 2.24) is 19.5 Å². The van der Waals surface area contributed by atoms with Crippen molar-refractivity contribution in [1.29, 1.82) is 0 Å². The van der Waals surface area contributed by atoms with Gasteiger partial charge in [-0.1, -0.05) is 30.3 Å². The lowest BCUT2D eigenvalue weighted by Crippen LogP contribution is -2.48. The van der Waals surface area contributed by atoms with E-state index in [9.17, 15) is 18.0 Å². The van der Waals surface area contributed by atoms with Crippen LogP contribution < -0.4 is 10.3 Å². The third-order valence-corrected chi connectivity index (χ3v) is 7.63. The van der Waals surface area contributed by atoms with Gasteiger partial charge in [-0.3, -0.25) is 9.59 Å². The van der Waals surface area contributed by atoms with Crippen LogP contribution in [0.15, 0.2) is 70.4 Å². The average molecular weight is 470 g/mol. The molecule has 2 aromatic carbocycles. The van der Waals surface area contributed by atoms with Crippen LogP contribution in [0.4, 0.5) is 0 Å². The molecule has 174 valence electrons. The maximum Gasteiger partial charge on any atom is 0.374 e. The van der Waals surface area contributed by atoms with Gasteiger partial charge in [0.25, 0.3) is 0 Å². The number of piperidine rings is 1. The Hall–Kier alpha value is -3.01. The Bertz CT molecular complexity index is 1300. The number of hydrogen-bond donors (Lipinski definition) is 2. The van der Waals surface area contributed by atoms with E-state index in [4.69, 9.17) is 0 Å². The summed E-state index contributed by atoms with van der Waals surface area (Å²) in [4.78, 5) is 31.8. The van der Waals surface area contributed by atoms with Gasteiger partial charge in [-0.15, -0.1) is 0 Å². The van der Waals surface area contributed by atoms with Crippen molar-refractivity contribution in [2.24, 2.45) is 0 Å². The number of carbonyl (C=O) groups is 1. The van der Waals surface area contributed by atoms with Crippen molar-refractivity contribution < 1.29 is 13.2 Å². The molecule has 1 fully saturated rings. The molecule has 1 aromatic heterocycles. The Balaban J connectivity index is 1.62. The number of nitrogens with one attached hydrogen (secondary N) is 2. The predicted octanol–water partition coefficient (Wildman–Crippen LogP) is 2.26. The number of carbonyl (C=O) groups excluding carboxylic acids is 1. The lowest BCUT2D eigenvalue weighted by molar-refractivity contribution is -0.134. The van der Waals surface area contributed by atoms with Crippen LogP contribution in [0, 0.1) is 0 Å². The smallest absolute Gasteiger partial charge is 0.341 e. The summed E-state index contributed by atoms with van der Waals surface area (Å²) in [5, 5.41) is 0.629. The summed E-state index contributed by atoms with van der Waals surface area (Å²) in [6.45, 7) is 1.20. The van der Waals surface area contributed by atoms with E-state index in [0.717, 1.165) is 12.8 Å². The molecule has 0 bridgehead atoms. The molecule has 9 heteroatoms. The molecule has 8 nitrogen and oxygen atoms in total. The molecule has 0 spiro atoms. The van der Waals surface area contributed by atoms with Crippen molar-refractivity contribution in [3.63, 3.8) is 0 Å². The van der Waals surface area contributed by atoms with Gasteiger partial charge < -0.3 is 14.8 Å². The minimum atomic E-state index is -3.76. The quantitative estimate of drug-likeness (QED) is 0.540. The SMILES string of the molecule is CN(C)C1CCN(C(=O)C(NS(=O)(=[OH+])c2ccc3[nH]c(=O)ccc3c2)c2ccccc2)CC1. The third-order valence-electron chi connectivity index (χ3n) is 6.18. The number of aromatic nitrogens is 1. The van der Waals surface area contributed by atoms with Crippen LogP contribution in [0.1, 0.15) is 24.4 Å². The molecular formula is C24H29N4O4S+. The fourth-order valence-corrected chi connectivity index (χ4v) is 5.46. The molecule has 1 aliphatic rings. The molecule has 2 unspecified atom stereocenters. The zero-order valence-electron chi connectivity index (χ0n) is 18.7. The summed E-state index contributed by atoms with van der Waals surface area (Å²) in [6.07, 6.45) is 1.72. The Labute approximate surface area is 193 Å². The van der Waals surface area contributed by atoms with Crippen molar-refractivity contribution in [3.8, 4) is 0 Å². The Morgan fingerprint density at radius 2 is 1.82 bits per heavy atom. The van der Waals surface area contributed by atoms with Crippen LogP contribution in [-0.2, 0) is 14.8 Å². The lowest BCUT2D eigenvalue weighted by Gasteiger charge is -2.36. The molecule has 33 heavy (non-hydrogen) atoms. The number of fused-ring (bicyclic) bond motifs is 1. The molecule has 1 aliphatic heterocycles. The molecule has 0 radical (unpaired) electrons. The first-order chi connectivity index (χ1) is 15.7. The maximum atomic E-state index is 13.5. The van der Waals surface area contributed by atoms with Gasteiger partial charge >= 0.3 is 10.0 Å². The Kier molecular flexibility index (Phi) is 6.64. The van der Waals surface area contributed by atoms with Gasteiger partial charge in [0.05, 0.1) is 0 Å². The normalized spacial score (nSPS) is 17.7. The molecule has 4 rings (SSSR count). The highest BCUT2D eigenvalue weighted by molar-refractivity contribution is 7.89. The van der Waals surface area contributed by atoms with E-state index in [-0.39, 0.29) is 16.4 Å². The number of benzene rings is 2. The van der Waals surface area contributed by atoms with Crippen LogP contribution in [0.25, 0.3) is 10.9 Å². The van der Waals surface area contributed by atoms with Crippen LogP contribution >= 0.6 is 0 Å². The number of likely N-dealkylation sites (tertiary alicyclic amines) is 1. The van der Waals surface area contributed by atoms with E-state index in [1.54, 1.807) is 47.4 Å². The summed E-state index contributed by atoms with van der Waals surface area (Å²) in [6, 6.07) is 16.1. The zero-order valence-corrected chi connectivity index (χ0v) is 19.5. The summed E-state index contributed by atoms with van der Waals surface area (Å²) in [5.74, 6) is -0.217. The van der Waals surface area contributed by atoms with Crippen LogP contribution in [0.3, 0.4) is 0 Å². The van der Waals surface area contributed by atoms with Crippen molar-refractivity contribution in [2.45, 2.75) is 29.8 Å². The first-order valence-corrected chi connectivity index (χ1v) is 12.4. The van der Waals surface area contributed by atoms with Gasteiger partial charge in [-0.05, 0) is 62.2 Å². The minimum Gasteiger partial charge on any atom is -0.341 e. The van der Waals surface area contributed by atoms with Gasteiger partial charge in [0.15, 0.2) is 0 Å². The number of aromatic amines is 1. The van der Waals surface area contributed by atoms with E-state index in [0.29, 0.717) is 35.6 Å². The van der Waals surface area contributed by atoms with Crippen molar-refractivity contribution >= 4 is 26.8 Å². The molecule has 3 N–H and O–H groups in total. The number of hydrogen-bond acceptors (Lipinski definition) is 4. The lowest BCUT2D eigenvalue weighted by atomic mass is 10.0. The summed E-state index contributed by atoms with van der Waals surface area (Å²) in [5.41, 5.74) is 0.955. The minimum absolute atomic E-state index is 0.141. The van der Waals surface area contributed by atoms with Crippen LogP contribution in [-0.4, -0.2) is 62.3 Å². The zero-order chi connectivity index (χ0) is 23.6. The van der Waals surface area contributed by atoms with Crippen LogP contribution in [0.2, 0.25) is 0 Å². The highest BCUT2D eigenvalue weighted by Gasteiger charge is 2.35. The molecule has 2 heterocycles. The van der Waals surface area contributed by atoms with E-state index in [2.05, 4.69) is 14.6 Å². The van der Waals surface area contributed by atoms with E-state index in [1.807, 2.05) is 20.2 Å². The largest absolute Gasteiger partial charge is 0.374 e. The summed E-state index contributed by atoms with van der Waals surface area (Å²) >= 11 is 0. The Morgan fingerprint density at radius 1 is 1.12 bits per heavy atom. The Morgan fingerprint density at radius 3 is 2.48 bits per heavy atom. The molecule has 3 aromatic rings. The van der Waals surface area contributed by atoms with Gasteiger partial charge in [0, 0.05) is 30.7 Å². The van der Waals surface area contributed by atoms with Crippen molar-refractivity contribution in [2.75, 3.05) is 27.2 Å². The standard InChI is InChI=1S/C24H28N4O4S/c1-27(2)19-12-14-28(15-13-19)24(30)23(17-6-4-3-5-7-17)26-33(31,32)20-9-10-21-18(16-20)8-11-22(29)25-21/h3-11,16,19,23H,12-15H2,1-2H3,(H,25,29)(H,26,31,32)/p+1. The monoisotopic (exact) mass is 469 g/mol. The number of nitrogens with zero attached hydrogens (tertiary/aromatic N) is 2. The second-order valence-corrected chi connectivity index (χ2v) is 10.3. The first-order valence-electron chi connectivity index (χ1n) is 10.9. The molecule has 0 aliphatic carbocycles. The summed E-state index contributed by atoms with van der Waals surface area (Å²) < 4.78 is 27.1. The fraction of sp³-hybridized carbons (Fsp3) is 0.333. The topological polar surface area (TPSA) is 107 Å². The summed E-state index contributed by atoms with van der Waals surface area (Å²) in [7, 11) is 0.312. The first kappa shape index (κ1) is 23.2. The van der Waals surface area contributed by atoms with Gasteiger partial charge in [0.1, 0.15) is 10.9 Å². The number of pyridine rings is 1. The number of H-pyrrole nitrogens is 1. The van der Waals surface area contributed by atoms with Crippen molar-refractivity contribution in [3.05, 3.63) is 76.6 Å². The van der Waals surface area contributed by atoms with Gasteiger partial charge in [-0.2, -0.15) is 8.93 Å². The highest BCUT2D eigenvalue weighted by atomic mass is 32.2. The van der Waals surface area contributed by atoms with Gasteiger partial charge in [0.2, 0.25) is 11.5 Å². The predicted molar refractivity (Wildman–Crippen MR) is 129 cm³/mol. The second kappa shape index (κ2) is 9.46. The third kappa shape index (κ3) is 5.16. The van der Waals surface area contributed by atoms with E-state index in [1.165, 1.54) is 12.1 Å². The average Bonchev–Trinajstić information content (AvgIpc) is 2.82. The molecular weight excluding hydrogens is 440 g/mol. The molecule has 0 saturated carbocycles. The maximum absolute atomic E-state index is 13.5. The van der Waals surface area contributed by atoms with E-state index < -0.39 is 16.1 Å². The molecule has 2 atom stereocenters. The number of amides is 1. The highest BCUT2D eigenvalue weighted by Crippen LogP contribution is 2.24. The van der Waals surface area contributed by atoms with Crippen LogP contribution in [0.5, 0.6) is 0 Å². The fourth-order valence-electron chi connectivity index (χ4n) is 4.22. The number of rotatable bonds is 6.